The van der Waals surface area contributed by atoms with Crippen molar-refractivity contribution in [1.29, 1.82) is 0 Å². The van der Waals surface area contributed by atoms with Gasteiger partial charge in [-0.05, 0) is 37.5 Å². The molecule has 0 saturated carbocycles. The number of methoxy groups -OCH3 is 1. The molecule has 0 aliphatic heterocycles. The van der Waals surface area contributed by atoms with Crippen molar-refractivity contribution in [3.8, 4) is 5.75 Å². The maximum absolute atomic E-state index is 8.74. The van der Waals surface area contributed by atoms with E-state index in [1.807, 2.05) is 26.0 Å². The van der Waals surface area contributed by atoms with Crippen molar-refractivity contribution in [2.24, 2.45) is 16.3 Å². The molecule has 4 N–H and O–H groups in total. The summed E-state index contributed by atoms with van der Waals surface area (Å²) in [5.74, 6) is 1.15. The lowest BCUT2D eigenvalue weighted by Gasteiger charge is -2.22. The summed E-state index contributed by atoms with van der Waals surface area (Å²) in [6.45, 7) is 6.90. The summed E-state index contributed by atoms with van der Waals surface area (Å²) in [5, 5.41) is 15.2. The molecule has 0 amide bonds. The van der Waals surface area contributed by atoms with E-state index in [0.717, 1.165) is 37.2 Å². The fraction of sp³-hybridized carbons (Fsp3) is 0.562. The Morgan fingerprint density at radius 3 is 2.71 bits per heavy atom. The minimum Gasteiger partial charge on any atom is -0.495 e. The Kier molecular flexibility index (Phi) is 6.34. The average molecular weight is 293 g/mol. The smallest absolute Gasteiger partial charge is 0.144 e. The van der Waals surface area contributed by atoms with Crippen molar-refractivity contribution in [1.82, 2.24) is 0 Å². The van der Waals surface area contributed by atoms with Crippen LogP contribution < -0.4 is 15.8 Å². The molecule has 0 heterocycles. The number of benzene rings is 1. The van der Waals surface area contributed by atoms with E-state index >= 15 is 0 Å². The maximum Gasteiger partial charge on any atom is 0.144 e. The van der Waals surface area contributed by atoms with Crippen LogP contribution in [0, 0.1) is 12.3 Å². The van der Waals surface area contributed by atoms with Crippen LogP contribution in [0.5, 0.6) is 5.75 Å². The Balaban J connectivity index is 2.40. The molecule has 0 aliphatic carbocycles. The number of amidine groups is 1. The van der Waals surface area contributed by atoms with E-state index in [-0.39, 0.29) is 11.3 Å². The number of nitrogens with zero attached hydrogens (tertiary/aromatic N) is 1. The zero-order valence-electron chi connectivity index (χ0n) is 13.4. The first-order valence-corrected chi connectivity index (χ1v) is 7.27. The van der Waals surface area contributed by atoms with Crippen molar-refractivity contribution in [3.63, 3.8) is 0 Å². The van der Waals surface area contributed by atoms with Gasteiger partial charge in [0.15, 0.2) is 0 Å². The van der Waals surface area contributed by atoms with Crippen molar-refractivity contribution in [2.45, 2.75) is 40.0 Å². The van der Waals surface area contributed by atoms with Crippen LogP contribution in [0.3, 0.4) is 0 Å². The monoisotopic (exact) mass is 293 g/mol. The van der Waals surface area contributed by atoms with Gasteiger partial charge in [0.1, 0.15) is 11.6 Å². The zero-order valence-corrected chi connectivity index (χ0v) is 13.4. The Labute approximate surface area is 127 Å². The average Bonchev–Trinajstić information content (AvgIpc) is 2.46. The molecule has 0 spiro atoms. The summed E-state index contributed by atoms with van der Waals surface area (Å²) in [6.07, 6.45) is 2.90. The molecule has 1 rings (SSSR count). The molecule has 5 heteroatoms. The molecule has 1 aromatic carbocycles. The van der Waals surface area contributed by atoms with E-state index in [1.165, 1.54) is 5.56 Å². The van der Waals surface area contributed by atoms with Crippen molar-refractivity contribution >= 4 is 11.5 Å². The van der Waals surface area contributed by atoms with Gasteiger partial charge in [-0.2, -0.15) is 0 Å². The first kappa shape index (κ1) is 17.1. The lowest BCUT2D eigenvalue weighted by Crippen LogP contribution is -2.31. The highest BCUT2D eigenvalue weighted by Gasteiger charge is 2.22. The summed E-state index contributed by atoms with van der Waals surface area (Å²) in [6, 6.07) is 6.09. The molecule has 0 aromatic heterocycles. The van der Waals surface area contributed by atoms with Crippen LogP contribution in [0.2, 0.25) is 0 Å². The third-order valence-corrected chi connectivity index (χ3v) is 3.70. The standard InChI is InChI=1S/C16H27N3O2/c1-12-7-8-14(21-4)13(11-12)18-10-6-5-9-16(2,3)15(17)19-20/h7-8,11,18,20H,5-6,9-10H2,1-4H3,(H2,17,19). The number of anilines is 1. The Morgan fingerprint density at radius 2 is 2.10 bits per heavy atom. The minimum absolute atomic E-state index is 0.268. The normalized spacial score (nSPS) is 12.3. The number of oxime groups is 1. The molecule has 0 fully saturated rings. The van der Waals surface area contributed by atoms with Gasteiger partial charge >= 0.3 is 0 Å². The van der Waals surface area contributed by atoms with E-state index in [0.29, 0.717) is 0 Å². The van der Waals surface area contributed by atoms with Crippen LogP contribution in [0.25, 0.3) is 0 Å². The van der Waals surface area contributed by atoms with E-state index < -0.39 is 0 Å². The summed E-state index contributed by atoms with van der Waals surface area (Å²) >= 11 is 0. The number of ether oxygens (including phenoxy) is 1. The highest BCUT2D eigenvalue weighted by atomic mass is 16.5. The third-order valence-electron chi connectivity index (χ3n) is 3.70. The number of hydrogen-bond donors (Lipinski definition) is 3. The van der Waals surface area contributed by atoms with Gasteiger partial charge in [0.25, 0.3) is 0 Å². The van der Waals surface area contributed by atoms with Gasteiger partial charge in [0, 0.05) is 12.0 Å². The van der Waals surface area contributed by atoms with Crippen LogP contribution >= 0.6 is 0 Å². The highest BCUT2D eigenvalue weighted by Crippen LogP contribution is 2.26. The summed E-state index contributed by atoms with van der Waals surface area (Å²) in [5.41, 5.74) is 7.63. The fourth-order valence-electron chi connectivity index (χ4n) is 2.14. The second-order valence-electron chi connectivity index (χ2n) is 5.96. The molecule has 0 bridgehead atoms. The van der Waals surface area contributed by atoms with Crippen LogP contribution in [-0.2, 0) is 0 Å². The molecular formula is C16H27N3O2. The fourth-order valence-corrected chi connectivity index (χ4v) is 2.14. The Bertz CT molecular complexity index is 484. The predicted molar refractivity (Wildman–Crippen MR) is 87.3 cm³/mol. The molecule has 21 heavy (non-hydrogen) atoms. The molecule has 0 saturated heterocycles. The summed E-state index contributed by atoms with van der Waals surface area (Å²) < 4.78 is 5.34. The molecule has 0 unspecified atom stereocenters. The first-order chi connectivity index (χ1) is 9.90. The highest BCUT2D eigenvalue weighted by molar-refractivity contribution is 5.85. The third kappa shape index (κ3) is 5.17. The number of aryl methyl sites for hydroxylation is 1. The van der Waals surface area contributed by atoms with Crippen LogP contribution in [0.4, 0.5) is 5.69 Å². The van der Waals surface area contributed by atoms with E-state index in [1.54, 1.807) is 7.11 Å². The number of nitrogens with two attached hydrogens (primary N) is 1. The molecule has 0 aliphatic rings. The van der Waals surface area contributed by atoms with E-state index in [2.05, 4.69) is 23.5 Å². The number of hydrogen-bond acceptors (Lipinski definition) is 4. The zero-order chi connectivity index (χ0) is 15.9. The summed E-state index contributed by atoms with van der Waals surface area (Å²) in [7, 11) is 1.68. The maximum atomic E-state index is 8.74. The van der Waals surface area contributed by atoms with E-state index in [4.69, 9.17) is 15.7 Å². The van der Waals surface area contributed by atoms with Crippen molar-refractivity contribution in [2.75, 3.05) is 19.0 Å². The van der Waals surface area contributed by atoms with Gasteiger partial charge in [0.05, 0.1) is 12.8 Å². The van der Waals surface area contributed by atoms with Crippen molar-refractivity contribution < 1.29 is 9.94 Å². The largest absolute Gasteiger partial charge is 0.495 e. The predicted octanol–water partition coefficient (Wildman–Crippen LogP) is 3.36. The lowest BCUT2D eigenvalue weighted by molar-refractivity contribution is 0.304. The van der Waals surface area contributed by atoms with Gasteiger partial charge in [-0.3, -0.25) is 0 Å². The number of unbranched alkanes of at least 4 members (excludes halogenated alkanes) is 1. The second kappa shape index (κ2) is 7.76. The number of rotatable bonds is 8. The van der Waals surface area contributed by atoms with Gasteiger partial charge in [-0.25, -0.2) is 0 Å². The molecule has 1 aromatic rings. The Morgan fingerprint density at radius 1 is 1.38 bits per heavy atom. The Hall–Kier alpha value is -1.91. The van der Waals surface area contributed by atoms with Crippen molar-refractivity contribution in [3.05, 3.63) is 23.8 Å². The molecule has 0 atom stereocenters. The first-order valence-electron chi connectivity index (χ1n) is 7.27. The SMILES string of the molecule is COc1ccc(C)cc1NCCCCC(C)(C)/C(N)=N/O. The van der Waals surface area contributed by atoms with Gasteiger partial charge in [0.2, 0.25) is 0 Å². The van der Waals surface area contributed by atoms with Crippen LogP contribution in [0.15, 0.2) is 23.4 Å². The molecule has 118 valence electrons. The second-order valence-corrected chi connectivity index (χ2v) is 5.96. The van der Waals surface area contributed by atoms with Crippen LogP contribution in [0.1, 0.15) is 38.7 Å². The van der Waals surface area contributed by atoms with Gasteiger partial charge < -0.3 is 21.0 Å². The minimum atomic E-state index is -0.268. The van der Waals surface area contributed by atoms with Gasteiger partial charge in [-0.1, -0.05) is 31.5 Å². The summed E-state index contributed by atoms with van der Waals surface area (Å²) in [4.78, 5) is 0. The quantitative estimate of drug-likeness (QED) is 0.226. The molecule has 5 nitrogen and oxygen atoms in total. The van der Waals surface area contributed by atoms with Crippen LogP contribution in [-0.4, -0.2) is 24.7 Å². The van der Waals surface area contributed by atoms with Gasteiger partial charge in [-0.15, -0.1) is 0 Å². The lowest BCUT2D eigenvalue weighted by atomic mass is 9.86. The molecular weight excluding hydrogens is 266 g/mol. The number of nitrogens with one attached hydrogen (secondary N) is 1. The van der Waals surface area contributed by atoms with E-state index in [9.17, 15) is 0 Å². The molecule has 0 radical (unpaired) electrons. The topological polar surface area (TPSA) is 79.9 Å².